The number of halogens is 3. The lowest BCUT2D eigenvalue weighted by atomic mass is 9.76. The molecule has 1 spiro atoms. The second-order valence-electron chi connectivity index (χ2n) is 5.98. The molecule has 0 aromatic heterocycles. The van der Waals surface area contributed by atoms with E-state index in [4.69, 9.17) is 0 Å². The van der Waals surface area contributed by atoms with Gasteiger partial charge in [0.1, 0.15) is 0 Å². The van der Waals surface area contributed by atoms with E-state index in [1.165, 1.54) is 4.31 Å². The Labute approximate surface area is 109 Å². The highest BCUT2D eigenvalue weighted by atomic mass is 32.2. The molecule has 0 aromatic carbocycles. The van der Waals surface area contributed by atoms with Crippen molar-refractivity contribution in [3.8, 4) is 0 Å². The monoisotopic (exact) mass is 299 g/mol. The van der Waals surface area contributed by atoms with Gasteiger partial charge in [-0.3, -0.25) is 0 Å². The Morgan fingerprint density at radius 3 is 2.16 bits per heavy atom. The Morgan fingerprint density at radius 2 is 1.79 bits per heavy atom. The molecule has 1 aliphatic carbocycles. The van der Waals surface area contributed by atoms with Crippen LogP contribution in [0.3, 0.4) is 0 Å². The average molecular weight is 299 g/mol. The summed E-state index contributed by atoms with van der Waals surface area (Å²) in [4.78, 5) is 0. The standard InChI is InChI=1S/C10H16F3N3O2S/c11-10(12,13)9(1-2-9)5-15-19(17,18)16-6-8(7-16)3-14-4-8/h14-15H,1-7H2. The van der Waals surface area contributed by atoms with Gasteiger partial charge in [-0.1, -0.05) is 0 Å². The van der Waals surface area contributed by atoms with Gasteiger partial charge >= 0.3 is 6.18 Å². The van der Waals surface area contributed by atoms with Gasteiger partial charge in [0.25, 0.3) is 10.2 Å². The molecule has 0 atom stereocenters. The molecular weight excluding hydrogens is 283 g/mol. The number of nitrogens with one attached hydrogen (secondary N) is 2. The molecular formula is C10H16F3N3O2S. The van der Waals surface area contributed by atoms with Crippen molar-refractivity contribution in [2.45, 2.75) is 19.0 Å². The molecule has 0 radical (unpaired) electrons. The van der Waals surface area contributed by atoms with E-state index >= 15 is 0 Å². The fourth-order valence-electron chi connectivity index (χ4n) is 2.61. The highest BCUT2D eigenvalue weighted by molar-refractivity contribution is 7.87. The fourth-order valence-corrected chi connectivity index (χ4v) is 4.13. The molecule has 1 saturated carbocycles. The minimum atomic E-state index is -4.33. The molecule has 110 valence electrons. The van der Waals surface area contributed by atoms with Crippen LogP contribution in [-0.2, 0) is 10.2 Å². The van der Waals surface area contributed by atoms with E-state index in [-0.39, 0.29) is 18.3 Å². The topological polar surface area (TPSA) is 61.4 Å². The zero-order valence-corrected chi connectivity index (χ0v) is 11.1. The van der Waals surface area contributed by atoms with Crippen molar-refractivity contribution < 1.29 is 21.6 Å². The molecule has 3 aliphatic rings. The lowest BCUT2D eigenvalue weighted by Crippen LogP contribution is -2.72. The Kier molecular flexibility index (Phi) is 2.74. The van der Waals surface area contributed by atoms with Crippen LogP contribution in [0.5, 0.6) is 0 Å². The first-order chi connectivity index (χ1) is 8.68. The quantitative estimate of drug-likeness (QED) is 0.772. The van der Waals surface area contributed by atoms with Crippen LogP contribution < -0.4 is 10.0 Å². The lowest BCUT2D eigenvalue weighted by molar-refractivity contribution is -0.184. The zero-order chi connectivity index (χ0) is 13.9. The van der Waals surface area contributed by atoms with Crippen molar-refractivity contribution in [2.24, 2.45) is 10.8 Å². The highest BCUT2D eigenvalue weighted by Crippen LogP contribution is 2.57. The van der Waals surface area contributed by atoms with Gasteiger partial charge in [-0.2, -0.15) is 25.9 Å². The minimum Gasteiger partial charge on any atom is -0.315 e. The molecule has 2 saturated heterocycles. The van der Waals surface area contributed by atoms with Gasteiger partial charge in [0.15, 0.2) is 0 Å². The van der Waals surface area contributed by atoms with Crippen molar-refractivity contribution in [3.63, 3.8) is 0 Å². The van der Waals surface area contributed by atoms with Crippen LogP contribution >= 0.6 is 0 Å². The fraction of sp³-hybridized carbons (Fsp3) is 1.00. The smallest absolute Gasteiger partial charge is 0.315 e. The number of hydrogen-bond donors (Lipinski definition) is 2. The number of alkyl halides is 3. The van der Waals surface area contributed by atoms with Gasteiger partial charge in [0.05, 0.1) is 5.41 Å². The predicted octanol–water partition coefficient (Wildman–Crippen LogP) is 0.0685. The molecule has 3 rings (SSSR count). The molecule has 2 aliphatic heterocycles. The van der Waals surface area contributed by atoms with E-state index in [1.54, 1.807) is 0 Å². The summed E-state index contributed by atoms with van der Waals surface area (Å²) in [5, 5.41) is 3.07. The molecule has 19 heavy (non-hydrogen) atoms. The zero-order valence-electron chi connectivity index (χ0n) is 10.3. The third-order valence-electron chi connectivity index (χ3n) is 4.41. The van der Waals surface area contributed by atoms with Crippen molar-refractivity contribution in [2.75, 3.05) is 32.7 Å². The van der Waals surface area contributed by atoms with E-state index in [1.807, 2.05) is 0 Å². The largest absolute Gasteiger partial charge is 0.395 e. The van der Waals surface area contributed by atoms with E-state index in [2.05, 4.69) is 10.0 Å². The first-order valence-electron chi connectivity index (χ1n) is 6.20. The second kappa shape index (κ2) is 3.84. The highest BCUT2D eigenvalue weighted by Gasteiger charge is 2.63. The van der Waals surface area contributed by atoms with Crippen molar-refractivity contribution in [1.82, 2.24) is 14.3 Å². The van der Waals surface area contributed by atoms with Crippen LogP contribution in [0.4, 0.5) is 13.2 Å². The van der Waals surface area contributed by atoms with Gasteiger partial charge < -0.3 is 5.32 Å². The third kappa shape index (κ3) is 2.16. The van der Waals surface area contributed by atoms with Crippen LogP contribution in [0, 0.1) is 10.8 Å². The van der Waals surface area contributed by atoms with Crippen molar-refractivity contribution in [3.05, 3.63) is 0 Å². The predicted molar refractivity (Wildman–Crippen MR) is 61.5 cm³/mol. The van der Waals surface area contributed by atoms with Crippen LogP contribution in [0.2, 0.25) is 0 Å². The minimum absolute atomic E-state index is 0.00682. The summed E-state index contributed by atoms with van der Waals surface area (Å²) in [5.41, 5.74) is -1.81. The summed E-state index contributed by atoms with van der Waals surface area (Å²) in [6.45, 7) is 1.82. The first-order valence-corrected chi connectivity index (χ1v) is 7.65. The molecule has 0 unspecified atom stereocenters. The van der Waals surface area contributed by atoms with Crippen LogP contribution in [0.1, 0.15) is 12.8 Å². The molecule has 0 amide bonds. The summed E-state index contributed by atoms with van der Waals surface area (Å²) >= 11 is 0. The van der Waals surface area contributed by atoms with E-state index in [0.717, 1.165) is 13.1 Å². The van der Waals surface area contributed by atoms with Gasteiger partial charge in [-0.15, -0.1) is 0 Å². The molecule has 9 heteroatoms. The van der Waals surface area contributed by atoms with Crippen molar-refractivity contribution in [1.29, 1.82) is 0 Å². The van der Waals surface area contributed by atoms with Gasteiger partial charge in [-0.25, -0.2) is 4.72 Å². The Balaban J connectivity index is 1.55. The SMILES string of the molecule is O=S(=O)(NCC1(C(F)(F)F)CC1)N1CC2(CNC2)C1. The Hall–Kier alpha value is -0.380. The third-order valence-corrected chi connectivity index (χ3v) is 5.86. The van der Waals surface area contributed by atoms with E-state index in [9.17, 15) is 21.6 Å². The number of hydrogen-bond acceptors (Lipinski definition) is 3. The summed E-state index contributed by atoms with van der Waals surface area (Å²) in [6, 6.07) is 0. The molecule has 0 aromatic rings. The Bertz CT molecular complexity index is 475. The summed E-state index contributed by atoms with van der Waals surface area (Å²) in [7, 11) is -3.77. The van der Waals surface area contributed by atoms with E-state index < -0.39 is 28.3 Å². The van der Waals surface area contributed by atoms with Crippen LogP contribution in [-0.4, -0.2) is 51.6 Å². The van der Waals surface area contributed by atoms with Crippen LogP contribution in [0.25, 0.3) is 0 Å². The van der Waals surface area contributed by atoms with Crippen molar-refractivity contribution >= 4 is 10.2 Å². The maximum atomic E-state index is 12.7. The summed E-state index contributed by atoms with van der Waals surface area (Å²) in [6.07, 6.45) is -4.32. The average Bonchev–Trinajstić information content (AvgIpc) is 2.88. The molecule has 2 heterocycles. The maximum absolute atomic E-state index is 12.7. The molecule has 0 bridgehead atoms. The first kappa shape index (κ1) is 13.6. The molecule has 2 N–H and O–H groups in total. The lowest BCUT2D eigenvalue weighted by Gasteiger charge is -2.54. The summed E-state index contributed by atoms with van der Waals surface area (Å²) < 4.78 is 65.2. The second-order valence-corrected chi connectivity index (χ2v) is 7.73. The maximum Gasteiger partial charge on any atom is 0.395 e. The number of nitrogens with zero attached hydrogens (tertiary/aromatic N) is 1. The van der Waals surface area contributed by atoms with Gasteiger partial charge in [0.2, 0.25) is 0 Å². The van der Waals surface area contributed by atoms with Gasteiger partial charge in [-0.05, 0) is 12.8 Å². The normalized spacial score (nSPS) is 28.8. The summed E-state index contributed by atoms with van der Waals surface area (Å²) in [5.74, 6) is 0. The van der Waals surface area contributed by atoms with Crippen LogP contribution in [0.15, 0.2) is 0 Å². The molecule has 3 fully saturated rings. The Morgan fingerprint density at radius 1 is 1.21 bits per heavy atom. The number of rotatable bonds is 4. The molecule has 5 nitrogen and oxygen atoms in total. The van der Waals surface area contributed by atoms with E-state index in [0.29, 0.717) is 13.1 Å². The van der Waals surface area contributed by atoms with Gasteiger partial charge in [0, 0.05) is 38.1 Å².